The SMILES string of the molecule is CCOCC(C)NCc1cc(OC)c(OC)cc1SC. The molecule has 1 rings (SSSR count). The van der Waals surface area contributed by atoms with Gasteiger partial charge >= 0.3 is 0 Å². The van der Waals surface area contributed by atoms with E-state index < -0.39 is 0 Å². The van der Waals surface area contributed by atoms with Crippen LogP contribution in [0, 0.1) is 0 Å². The average molecular weight is 299 g/mol. The fourth-order valence-corrected chi connectivity index (χ4v) is 2.49. The van der Waals surface area contributed by atoms with Crippen LogP contribution in [0.4, 0.5) is 0 Å². The summed E-state index contributed by atoms with van der Waals surface area (Å²) in [5, 5.41) is 3.46. The Balaban J connectivity index is 2.77. The Morgan fingerprint density at radius 1 is 1.20 bits per heavy atom. The van der Waals surface area contributed by atoms with Gasteiger partial charge in [-0.2, -0.15) is 0 Å². The van der Waals surface area contributed by atoms with Crippen LogP contribution in [-0.2, 0) is 11.3 Å². The van der Waals surface area contributed by atoms with Crippen molar-refractivity contribution in [3.63, 3.8) is 0 Å². The topological polar surface area (TPSA) is 39.7 Å². The van der Waals surface area contributed by atoms with Crippen molar-refractivity contribution >= 4 is 11.8 Å². The first-order valence-electron chi connectivity index (χ1n) is 6.76. The lowest BCUT2D eigenvalue weighted by Crippen LogP contribution is -2.30. The molecule has 0 fully saturated rings. The van der Waals surface area contributed by atoms with E-state index in [1.54, 1.807) is 26.0 Å². The van der Waals surface area contributed by atoms with E-state index in [9.17, 15) is 0 Å². The van der Waals surface area contributed by atoms with Crippen molar-refractivity contribution in [2.24, 2.45) is 0 Å². The van der Waals surface area contributed by atoms with Gasteiger partial charge in [-0.25, -0.2) is 0 Å². The molecule has 5 heteroatoms. The minimum absolute atomic E-state index is 0.317. The highest BCUT2D eigenvalue weighted by Gasteiger charge is 2.11. The number of ether oxygens (including phenoxy) is 3. The summed E-state index contributed by atoms with van der Waals surface area (Å²) < 4.78 is 16.1. The zero-order valence-corrected chi connectivity index (χ0v) is 13.8. The van der Waals surface area contributed by atoms with Crippen LogP contribution in [0.5, 0.6) is 11.5 Å². The van der Waals surface area contributed by atoms with E-state index in [0.29, 0.717) is 6.04 Å². The van der Waals surface area contributed by atoms with E-state index in [1.807, 2.05) is 19.1 Å². The van der Waals surface area contributed by atoms with Gasteiger partial charge in [0.05, 0.1) is 20.8 Å². The minimum atomic E-state index is 0.317. The Kier molecular flexibility index (Phi) is 7.80. The molecule has 0 radical (unpaired) electrons. The molecule has 1 atom stereocenters. The lowest BCUT2D eigenvalue weighted by molar-refractivity contribution is 0.127. The number of benzene rings is 1. The summed E-state index contributed by atoms with van der Waals surface area (Å²) in [6.45, 7) is 6.38. The Morgan fingerprint density at radius 3 is 2.40 bits per heavy atom. The zero-order chi connectivity index (χ0) is 15.0. The molecule has 1 aromatic rings. The first-order valence-corrected chi connectivity index (χ1v) is 7.98. The summed E-state index contributed by atoms with van der Waals surface area (Å²) in [5.74, 6) is 1.53. The predicted molar refractivity (Wildman–Crippen MR) is 84.1 cm³/mol. The molecule has 0 heterocycles. The maximum atomic E-state index is 5.41. The fourth-order valence-electron chi connectivity index (χ4n) is 1.87. The van der Waals surface area contributed by atoms with Gasteiger partial charge in [0.1, 0.15) is 0 Å². The summed E-state index contributed by atoms with van der Waals surface area (Å²) in [6.07, 6.45) is 2.06. The number of hydrogen-bond donors (Lipinski definition) is 1. The molecule has 1 unspecified atom stereocenters. The second-order valence-corrected chi connectivity index (χ2v) is 5.31. The van der Waals surface area contributed by atoms with Gasteiger partial charge in [-0.1, -0.05) is 0 Å². The molecule has 0 saturated carbocycles. The Labute approximate surface area is 126 Å². The predicted octanol–water partition coefficient (Wildman–Crippen LogP) is 2.94. The van der Waals surface area contributed by atoms with Crippen molar-refractivity contribution in [1.29, 1.82) is 0 Å². The normalized spacial score (nSPS) is 12.2. The maximum Gasteiger partial charge on any atom is 0.161 e. The molecule has 0 bridgehead atoms. The van der Waals surface area contributed by atoms with Crippen LogP contribution < -0.4 is 14.8 Å². The average Bonchev–Trinajstić information content (AvgIpc) is 2.49. The standard InChI is InChI=1S/C15H25NO3S/c1-6-19-10-11(2)16-9-12-7-13(17-3)14(18-4)8-15(12)20-5/h7-8,11,16H,6,9-10H2,1-5H3. The first-order chi connectivity index (χ1) is 9.65. The monoisotopic (exact) mass is 299 g/mol. The van der Waals surface area contributed by atoms with E-state index in [0.717, 1.165) is 31.3 Å². The second-order valence-electron chi connectivity index (χ2n) is 4.46. The highest BCUT2D eigenvalue weighted by atomic mass is 32.2. The van der Waals surface area contributed by atoms with Crippen molar-refractivity contribution in [1.82, 2.24) is 5.32 Å². The third-order valence-corrected chi connectivity index (χ3v) is 3.82. The summed E-state index contributed by atoms with van der Waals surface area (Å²) in [5.41, 5.74) is 1.21. The number of methoxy groups -OCH3 is 2. The molecule has 0 aromatic heterocycles. The number of thioether (sulfide) groups is 1. The van der Waals surface area contributed by atoms with Gasteiger partial charge in [-0.15, -0.1) is 11.8 Å². The van der Waals surface area contributed by atoms with Crippen LogP contribution in [0.3, 0.4) is 0 Å². The lowest BCUT2D eigenvalue weighted by atomic mass is 10.2. The van der Waals surface area contributed by atoms with E-state index in [2.05, 4.69) is 18.5 Å². The van der Waals surface area contributed by atoms with E-state index in [4.69, 9.17) is 14.2 Å². The molecule has 1 aromatic carbocycles. The van der Waals surface area contributed by atoms with Gasteiger partial charge in [0.25, 0.3) is 0 Å². The summed E-state index contributed by atoms with van der Waals surface area (Å²) in [6, 6.07) is 4.37. The molecule has 1 N–H and O–H groups in total. The lowest BCUT2D eigenvalue weighted by Gasteiger charge is -2.17. The van der Waals surface area contributed by atoms with E-state index in [-0.39, 0.29) is 0 Å². The van der Waals surface area contributed by atoms with Gasteiger partial charge in [0, 0.05) is 24.1 Å². The smallest absolute Gasteiger partial charge is 0.161 e. The highest BCUT2D eigenvalue weighted by molar-refractivity contribution is 7.98. The minimum Gasteiger partial charge on any atom is -0.493 e. The van der Waals surface area contributed by atoms with Crippen LogP contribution in [0.2, 0.25) is 0 Å². The first kappa shape index (κ1) is 17.1. The number of rotatable bonds is 9. The zero-order valence-electron chi connectivity index (χ0n) is 13.0. The van der Waals surface area contributed by atoms with Crippen LogP contribution in [0.1, 0.15) is 19.4 Å². The quantitative estimate of drug-likeness (QED) is 0.710. The largest absolute Gasteiger partial charge is 0.493 e. The van der Waals surface area contributed by atoms with Gasteiger partial charge in [-0.05, 0) is 37.8 Å². The summed E-state index contributed by atoms with van der Waals surface area (Å²) in [7, 11) is 3.32. The highest BCUT2D eigenvalue weighted by Crippen LogP contribution is 2.34. The van der Waals surface area contributed by atoms with Crippen LogP contribution in [0.25, 0.3) is 0 Å². The molecule has 0 aliphatic carbocycles. The molecule has 0 saturated heterocycles. The number of nitrogens with one attached hydrogen (secondary N) is 1. The molecule has 114 valence electrons. The summed E-state index contributed by atoms with van der Waals surface area (Å²) in [4.78, 5) is 1.19. The van der Waals surface area contributed by atoms with E-state index >= 15 is 0 Å². The molecular weight excluding hydrogens is 274 g/mol. The van der Waals surface area contributed by atoms with Crippen molar-refractivity contribution in [3.8, 4) is 11.5 Å². The second kappa shape index (κ2) is 9.10. The van der Waals surface area contributed by atoms with Gasteiger partial charge in [-0.3, -0.25) is 0 Å². The van der Waals surface area contributed by atoms with Crippen molar-refractivity contribution in [2.75, 3.05) is 33.7 Å². The fraction of sp³-hybridized carbons (Fsp3) is 0.600. The molecular formula is C15H25NO3S. The van der Waals surface area contributed by atoms with Crippen LogP contribution >= 0.6 is 11.8 Å². The third kappa shape index (κ3) is 4.89. The van der Waals surface area contributed by atoms with Gasteiger partial charge in [0.15, 0.2) is 11.5 Å². The van der Waals surface area contributed by atoms with Gasteiger partial charge < -0.3 is 19.5 Å². The number of hydrogen-bond acceptors (Lipinski definition) is 5. The molecule has 0 aliphatic heterocycles. The van der Waals surface area contributed by atoms with Crippen LogP contribution in [-0.4, -0.2) is 39.7 Å². The Hall–Kier alpha value is -0.910. The molecule has 0 amide bonds. The van der Waals surface area contributed by atoms with Crippen LogP contribution in [0.15, 0.2) is 17.0 Å². The van der Waals surface area contributed by atoms with E-state index in [1.165, 1.54) is 10.5 Å². The van der Waals surface area contributed by atoms with Crippen molar-refractivity contribution in [2.45, 2.75) is 31.3 Å². The van der Waals surface area contributed by atoms with Gasteiger partial charge in [0.2, 0.25) is 0 Å². The Bertz CT molecular complexity index is 412. The molecule has 20 heavy (non-hydrogen) atoms. The molecule has 4 nitrogen and oxygen atoms in total. The maximum absolute atomic E-state index is 5.41. The van der Waals surface area contributed by atoms with Crippen molar-refractivity contribution in [3.05, 3.63) is 17.7 Å². The molecule has 0 aliphatic rings. The third-order valence-electron chi connectivity index (χ3n) is 3.00. The summed E-state index contributed by atoms with van der Waals surface area (Å²) >= 11 is 1.71. The van der Waals surface area contributed by atoms with Crippen molar-refractivity contribution < 1.29 is 14.2 Å². The molecule has 0 spiro atoms. The Morgan fingerprint density at radius 2 is 1.85 bits per heavy atom.